The van der Waals surface area contributed by atoms with Gasteiger partial charge >= 0.3 is 0 Å². The normalized spacial score (nSPS) is 17.8. The minimum absolute atomic E-state index is 0.422. The number of hydrogen-bond donors (Lipinski definition) is 1. The van der Waals surface area contributed by atoms with Gasteiger partial charge in [-0.05, 0) is 35.7 Å². The molecule has 1 N–H and O–H groups in total. The second-order valence-corrected chi connectivity index (χ2v) is 4.89. The highest BCUT2D eigenvalue weighted by Crippen LogP contribution is 2.31. The number of fused-ring (bicyclic) bond motifs is 1. The van der Waals surface area contributed by atoms with Crippen molar-refractivity contribution in [1.29, 1.82) is 0 Å². The summed E-state index contributed by atoms with van der Waals surface area (Å²) >= 11 is 0. The molecule has 1 atom stereocenters. The van der Waals surface area contributed by atoms with E-state index in [9.17, 15) is 0 Å². The van der Waals surface area contributed by atoms with Crippen LogP contribution < -0.4 is 10.1 Å². The van der Waals surface area contributed by atoms with Crippen LogP contribution in [0.15, 0.2) is 48.5 Å². The van der Waals surface area contributed by atoms with Gasteiger partial charge < -0.3 is 10.1 Å². The van der Waals surface area contributed by atoms with Crippen LogP contribution in [0.4, 0.5) is 0 Å². The smallest absolute Gasteiger partial charge is 0.119 e. The molecular weight excluding hydrogens is 234 g/mol. The highest BCUT2D eigenvalue weighted by Gasteiger charge is 2.21. The molecule has 0 saturated heterocycles. The molecular formula is C17H19NO. The van der Waals surface area contributed by atoms with E-state index in [-0.39, 0.29) is 0 Å². The number of rotatable bonds is 3. The fraction of sp³-hybridized carbons (Fsp3) is 0.294. The summed E-state index contributed by atoms with van der Waals surface area (Å²) in [6.45, 7) is 4.69. The molecule has 2 aromatic carbocycles. The lowest BCUT2D eigenvalue weighted by atomic mass is 9.85. The Morgan fingerprint density at radius 1 is 1.16 bits per heavy atom. The van der Waals surface area contributed by atoms with E-state index in [4.69, 9.17) is 4.74 Å². The average Bonchev–Trinajstić information content (AvgIpc) is 2.47. The van der Waals surface area contributed by atoms with Crippen molar-refractivity contribution in [3.63, 3.8) is 0 Å². The van der Waals surface area contributed by atoms with E-state index in [0.717, 1.165) is 18.8 Å². The summed E-state index contributed by atoms with van der Waals surface area (Å²) in [5.74, 6) is 1.38. The van der Waals surface area contributed by atoms with E-state index in [1.54, 1.807) is 0 Å². The second kappa shape index (κ2) is 5.45. The lowest BCUT2D eigenvalue weighted by Crippen LogP contribution is -2.28. The van der Waals surface area contributed by atoms with Crippen molar-refractivity contribution >= 4 is 0 Å². The van der Waals surface area contributed by atoms with E-state index in [0.29, 0.717) is 12.5 Å². The van der Waals surface area contributed by atoms with Gasteiger partial charge in [-0.25, -0.2) is 0 Å². The molecule has 0 spiro atoms. The van der Waals surface area contributed by atoms with Crippen molar-refractivity contribution in [1.82, 2.24) is 5.32 Å². The molecule has 0 aliphatic carbocycles. The topological polar surface area (TPSA) is 21.3 Å². The Morgan fingerprint density at radius 3 is 2.95 bits per heavy atom. The first-order chi connectivity index (χ1) is 9.38. The van der Waals surface area contributed by atoms with Crippen LogP contribution in [-0.2, 0) is 6.54 Å². The minimum atomic E-state index is 0.422. The van der Waals surface area contributed by atoms with Gasteiger partial charge in [-0.2, -0.15) is 0 Å². The van der Waals surface area contributed by atoms with Gasteiger partial charge in [0.1, 0.15) is 5.75 Å². The van der Waals surface area contributed by atoms with Gasteiger partial charge in [-0.15, -0.1) is 0 Å². The molecule has 98 valence electrons. The summed E-state index contributed by atoms with van der Waals surface area (Å²) in [6, 6.07) is 17.2. The Morgan fingerprint density at radius 2 is 2.05 bits per heavy atom. The Labute approximate surface area is 114 Å². The monoisotopic (exact) mass is 253 g/mol. The van der Waals surface area contributed by atoms with Crippen LogP contribution in [0.2, 0.25) is 0 Å². The van der Waals surface area contributed by atoms with Gasteiger partial charge in [-0.1, -0.05) is 36.4 Å². The maximum Gasteiger partial charge on any atom is 0.119 e. The van der Waals surface area contributed by atoms with Gasteiger partial charge in [0.2, 0.25) is 0 Å². The van der Waals surface area contributed by atoms with Crippen molar-refractivity contribution < 1.29 is 4.74 Å². The zero-order chi connectivity index (χ0) is 13.1. The summed E-state index contributed by atoms with van der Waals surface area (Å²) in [5.41, 5.74) is 4.17. The zero-order valence-corrected chi connectivity index (χ0v) is 11.2. The molecule has 3 rings (SSSR count). The largest absolute Gasteiger partial charge is 0.494 e. The lowest BCUT2D eigenvalue weighted by molar-refractivity contribution is 0.339. The van der Waals surface area contributed by atoms with Crippen LogP contribution in [0.25, 0.3) is 0 Å². The fourth-order valence-electron chi connectivity index (χ4n) is 2.78. The molecule has 0 bridgehead atoms. The number of hydrogen-bond acceptors (Lipinski definition) is 2. The van der Waals surface area contributed by atoms with Crippen LogP contribution >= 0.6 is 0 Å². The van der Waals surface area contributed by atoms with Gasteiger partial charge in [0, 0.05) is 19.0 Å². The highest BCUT2D eigenvalue weighted by atomic mass is 16.5. The molecule has 0 saturated carbocycles. The van der Waals surface area contributed by atoms with Gasteiger partial charge in [0.05, 0.1) is 6.61 Å². The quantitative estimate of drug-likeness (QED) is 0.906. The second-order valence-electron chi connectivity index (χ2n) is 4.89. The fourth-order valence-corrected chi connectivity index (χ4v) is 2.78. The SMILES string of the molecule is CCOc1cccc(C2CNCc3ccccc32)c1. The van der Waals surface area contributed by atoms with Crippen LogP contribution in [-0.4, -0.2) is 13.2 Å². The summed E-state index contributed by atoms with van der Waals surface area (Å²) in [5, 5.41) is 3.50. The molecule has 2 heteroatoms. The molecule has 2 aromatic rings. The third-order valence-electron chi connectivity index (χ3n) is 3.67. The van der Waals surface area contributed by atoms with E-state index < -0.39 is 0 Å². The van der Waals surface area contributed by atoms with Crippen LogP contribution in [0.5, 0.6) is 5.75 Å². The number of nitrogens with one attached hydrogen (secondary N) is 1. The van der Waals surface area contributed by atoms with E-state index in [1.807, 2.05) is 13.0 Å². The predicted octanol–water partition coefficient (Wildman–Crippen LogP) is 3.32. The minimum Gasteiger partial charge on any atom is -0.494 e. The Kier molecular flexibility index (Phi) is 3.51. The molecule has 1 aliphatic heterocycles. The van der Waals surface area contributed by atoms with E-state index >= 15 is 0 Å². The van der Waals surface area contributed by atoms with Crippen LogP contribution in [0.1, 0.15) is 29.5 Å². The third kappa shape index (κ3) is 2.49. The Bertz CT molecular complexity index is 565. The van der Waals surface area contributed by atoms with Crippen LogP contribution in [0, 0.1) is 0 Å². The van der Waals surface area contributed by atoms with Crippen molar-refractivity contribution in [2.45, 2.75) is 19.4 Å². The number of benzene rings is 2. The molecule has 2 nitrogen and oxygen atoms in total. The summed E-state index contributed by atoms with van der Waals surface area (Å²) < 4.78 is 5.60. The first kappa shape index (κ1) is 12.2. The summed E-state index contributed by atoms with van der Waals surface area (Å²) in [4.78, 5) is 0. The molecule has 0 radical (unpaired) electrons. The Hall–Kier alpha value is -1.80. The molecule has 1 aliphatic rings. The standard InChI is InChI=1S/C17H19NO/c1-2-19-15-8-5-7-13(10-15)17-12-18-11-14-6-3-4-9-16(14)17/h3-10,17-18H,2,11-12H2,1H3. The maximum atomic E-state index is 5.60. The zero-order valence-electron chi connectivity index (χ0n) is 11.2. The molecule has 19 heavy (non-hydrogen) atoms. The molecule has 1 unspecified atom stereocenters. The first-order valence-corrected chi connectivity index (χ1v) is 6.89. The van der Waals surface area contributed by atoms with Crippen LogP contribution in [0.3, 0.4) is 0 Å². The van der Waals surface area contributed by atoms with Crippen molar-refractivity contribution in [2.75, 3.05) is 13.2 Å². The molecule has 0 amide bonds. The van der Waals surface area contributed by atoms with Crippen molar-refractivity contribution in [3.05, 3.63) is 65.2 Å². The van der Waals surface area contributed by atoms with E-state index in [1.165, 1.54) is 16.7 Å². The van der Waals surface area contributed by atoms with Crippen molar-refractivity contribution in [3.8, 4) is 5.75 Å². The highest BCUT2D eigenvalue weighted by molar-refractivity contribution is 5.42. The van der Waals surface area contributed by atoms with Crippen molar-refractivity contribution in [2.24, 2.45) is 0 Å². The predicted molar refractivity (Wildman–Crippen MR) is 77.6 cm³/mol. The first-order valence-electron chi connectivity index (χ1n) is 6.89. The number of ether oxygens (including phenoxy) is 1. The molecule has 1 heterocycles. The molecule has 0 aromatic heterocycles. The van der Waals surface area contributed by atoms with Gasteiger partial charge in [0.15, 0.2) is 0 Å². The maximum absolute atomic E-state index is 5.60. The van der Waals surface area contributed by atoms with E-state index in [2.05, 4.69) is 47.8 Å². The van der Waals surface area contributed by atoms with Gasteiger partial charge in [0.25, 0.3) is 0 Å². The molecule has 0 fully saturated rings. The average molecular weight is 253 g/mol. The van der Waals surface area contributed by atoms with Gasteiger partial charge in [-0.3, -0.25) is 0 Å². The summed E-state index contributed by atoms with van der Waals surface area (Å²) in [6.07, 6.45) is 0. The lowest BCUT2D eigenvalue weighted by Gasteiger charge is -2.27. The Balaban J connectivity index is 1.97. The summed E-state index contributed by atoms with van der Waals surface area (Å²) in [7, 11) is 0. The third-order valence-corrected chi connectivity index (χ3v) is 3.67.